The molecule has 0 radical (unpaired) electrons. The van der Waals surface area contributed by atoms with Crippen molar-refractivity contribution in [1.82, 2.24) is 0 Å². The number of ether oxygens (including phenoxy) is 2. The van der Waals surface area contributed by atoms with E-state index in [1.165, 1.54) is 0 Å². The van der Waals surface area contributed by atoms with Crippen LogP contribution in [0, 0.1) is 0 Å². The highest BCUT2D eigenvalue weighted by Gasteiger charge is 2.45. The second-order valence-electron chi connectivity index (χ2n) is 4.55. The van der Waals surface area contributed by atoms with E-state index >= 15 is 0 Å². The van der Waals surface area contributed by atoms with E-state index in [0.717, 1.165) is 18.4 Å². The highest BCUT2D eigenvalue weighted by Crippen LogP contribution is 2.42. The van der Waals surface area contributed by atoms with Crippen LogP contribution in [0.2, 0.25) is 5.02 Å². The van der Waals surface area contributed by atoms with Gasteiger partial charge in [0, 0.05) is 5.02 Å². The third-order valence-corrected chi connectivity index (χ3v) is 3.75. The van der Waals surface area contributed by atoms with Crippen molar-refractivity contribution in [2.75, 3.05) is 6.61 Å². The molecule has 2 rings (SSSR count). The molecule has 1 aliphatic heterocycles. The standard InChI is InChI=1S/C14H19ClO3/c1-3-14(4-2)17-12(9-16)13(18-14)10-5-7-11(15)8-6-10/h5-8,12-13,16H,3-4,9H2,1-2H3/t12-,13-/m0/s1. The Balaban J connectivity index is 2.24. The average molecular weight is 271 g/mol. The minimum Gasteiger partial charge on any atom is -0.394 e. The van der Waals surface area contributed by atoms with E-state index in [0.29, 0.717) is 5.02 Å². The fourth-order valence-electron chi connectivity index (χ4n) is 2.32. The van der Waals surface area contributed by atoms with Crippen molar-refractivity contribution in [2.24, 2.45) is 0 Å². The number of aliphatic hydroxyl groups is 1. The Morgan fingerprint density at radius 2 is 1.78 bits per heavy atom. The highest BCUT2D eigenvalue weighted by molar-refractivity contribution is 6.30. The molecule has 0 aromatic heterocycles. The molecule has 18 heavy (non-hydrogen) atoms. The maximum absolute atomic E-state index is 9.44. The van der Waals surface area contributed by atoms with Crippen molar-refractivity contribution >= 4 is 11.6 Å². The fourth-order valence-corrected chi connectivity index (χ4v) is 2.45. The molecule has 1 fully saturated rings. The van der Waals surface area contributed by atoms with Crippen LogP contribution in [0.15, 0.2) is 24.3 Å². The van der Waals surface area contributed by atoms with Crippen molar-refractivity contribution < 1.29 is 14.6 Å². The molecule has 4 heteroatoms. The van der Waals surface area contributed by atoms with E-state index in [-0.39, 0.29) is 18.8 Å². The molecule has 1 aliphatic rings. The fraction of sp³-hybridized carbons (Fsp3) is 0.571. The first kappa shape index (κ1) is 13.8. The van der Waals surface area contributed by atoms with E-state index in [4.69, 9.17) is 21.1 Å². The summed E-state index contributed by atoms with van der Waals surface area (Å²) >= 11 is 5.88. The SMILES string of the molecule is CCC1(CC)O[C@@H](CO)[C@H](c2ccc(Cl)cc2)O1. The Morgan fingerprint density at radius 1 is 1.17 bits per heavy atom. The number of benzene rings is 1. The molecule has 0 aliphatic carbocycles. The number of rotatable bonds is 4. The van der Waals surface area contributed by atoms with Gasteiger partial charge in [-0.15, -0.1) is 0 Å². The van der Waals surface area contributed by atoms with E-state index in [1.807, 2.05) is 38.1 Å². The summed E-state index contributed by atoms with van der Waals surface area (Å²) in [4.78, 5) is 0. The molecule has 1 aromatic carbocycles. The van der Waals surface area contributed by atoms with Crippen LogP contribution < -0.4 is 0 Å². The Bertz CT molecular complexity index is 387. The molecular formula is C14H19ClO3. The lowest BCUT2D eigenvalue weighted by atomic mass is 10.1. The molecule has 1 saturated heterocycles. The summed E-state index contributed by atoms with van der Waals surface area (Å²) in [6.45, 7) is 4.01. The van der Waals surface area contributed by atoms with E-state index in [1.54, 1.807) is 0 Å². The van der Waals surface area contributed by atoms with Crippen LogP contribution in [0.5, 0.6) is 0 Å². The van der Waals surface area contributed by atoms with Gasteiger partial charge in [-0.25, -0.2) is 0 Å². The zero-order chi connectivity index (χ0) is 13.2. The molecule has 1 aromatic rings. The molecule has 0 bridgehead atoms. The van der Waals surface area contributed by atoms with Gasteiger partial charge in [0.2, 0.25) is 0 Å². The molecule has 0 unspecified atom stereocenters. The third-order valence-electron chi connectivity index (χ3n) is 3.50. The van der Waals surface area contributed by atoms with E-state index < -0.39 is 5.79 Å². The minimum atomic E-state index is -0.572. The first-order valence-electron chi connectivity index (χ1n) is 6.36. The number of halogens is 1. The van der Waals surface area contributed by atoms with Crippen molar-refractivity contribution in [2.45, 2.75) is 44.7 Å². The van der Waals surface area contributed by atoms with E-state index in [9.17, 15) is 5.11 Å². The van der Waals surface area contributed by atoms with Gasteiger partial charge in [-0.2, -0.15) is 0 Å². The van der Waals surface area contributed by atoms with Crippen LogP contribution >= 0.6 is 11.6 Å². The Kier molecular flexibility index (Phi) is 4.28. The molecule has 2 atom stereocenters. The van der Waals surface area contributed by atoms with Gasteiger partial charge < -0.3 is 14.6 Å². The molecule has 0 saturated carbocycles. The Hall–Kier alpha value is -0.610. The number of aliphatic hydroxyl groups excluding tert-OH is 1. The average Bonchev–Trinajstić information content (AvgIpc) is 2.79. The van der Waals surface area contributed by atoms with Gasteiger partial charge in [-0.1, -0.05) is 37.6 Å². The van der Waals surface area contributed by atoms with E-state index in [2.05, 4.69) is 0 Å². The van der Waals surface area contributed by atoms with Crippen LogP contribution in [-0.4, -0.2) is 23.6 Å². The Morgan fingerprint density at radius 3 is 2.28 bits per heavy atom. The summed E-state index contributed by atoms with van der Waals surface area (Å²) in [6.07, 6.45) is 0.993. The van der Waals surface area contributed by atoms with Crippen molar-refractivity contribution in [3.63, 3.8) is 0 Å². The van der Waals surface area contributed by atoms with Gasteiger partial charge in [0.05, 0.1) is 6.61 Å². The quantitative estimate of drug-likeness (QED) is 0.912. The lowest BCUT2D eigenvalue weighted by molar-refractivity contribution is -0.181. The zero-order valence-corrected chi connectivity index (χ0v) is 11.5. The van der Waals surface area contributed by atoms with Crippen molar-refractivity contribution in [1.29, 1.82) is 0 Å². The maximum atomic E-state index is 9.44. The molecule has 1 N–H and O–H groups in total. The summed E-state index contributed by atoms with van der Waals surface area (Å²) in [5.41, 5.74) is 0.988. The number of hydrogen-bond donors (Lipinski definition) is 1. The van der Waals surface area contributed by atoms with Crippen molar-refractivity contribution in [3.8, 4) is 0 Å². The highest BCUT2D eigenvalue weighted by atomic mass is 35.5. The molecule has 0 amide bonds. The molecular weight excluding hydrogens is 252 g/mol. The monoisotopic (exact) mass is 270 g/mol. The second-order valence-corrected chi connectivity index (χ2v) is 4.98. The van der Waals surface area contributed by atoms with Gasteiger partial charge in [0.1, 0.15) is 12.2 Å². The van der Waals surface area contributed by atoms with Gasteiger partial charge >= 0.3 is 0 Å². The largest absolute Gasteiger partial charge is 0.394 e. The van der Waals surface area contributed by atoms with Crippen LogP contribution in [0.1, 0.15) is 38.4 Å². The van der Waals surface area contributed by atoms with Crippen LogP contribution in [0.4, 0.5) is 0 Å². The van der Waals surface area contributed by atoms with Crippen molar-refractivity contribution in [3.05, 3.63) is 34.9 Å². The smallest absolute Gasteiger partial charge is 0.169 e. The van der Waals surface area contributed by atoms with Crippen LogP contribution in [0.3, 0.4) is 0 Å². The normalized spacial score (nSPS) is 26.4. The minimum absolute atomic E-state index is 0.0466. The van der Waals surface area contributed by atoms with Crippen LogP contribution in [0.25, 0.3) is 0 Å². The predicted octanol–water partition coefficient (Wildman–Crippen LogP) is 3.31. The van der Waals surface area contributed by atoms with Gasteiger partial charge in [0.15, 0.2) is 5.79 Å². The summed E-state index contributed by atoms with van der Waals surface area (Å²) in [5.74, 6) is -0.572. The van der Waals surface area contributed by atoms with Gasteiger partial charge in [-0.3, -0.25) is 0 Å². The lowest BCUT2D eigenvalue weighted by Crippen LogP contribution is -2.29. The molecule has 100 valence electrons. The first-order chi connectivity index (χ1) is 8.64. The topological polar surface area (TPSA) is 38.7 Å². The summed E-state index contributed by atoms with van der Waals surface area (Å²) in [5, 5.41) is 10.1. The Labute approximate surface area is 113 Å². The summed E-state index contributed by atoms with van der Waals surface area (Å²) in [6, 6.07) is 7.49. The number of hydrogen-bond acceptors (Lipinski definition) is 3. The maximum Gasteiger partial charge on any atom is 0.169 e. The molecule has 0 spiro atoms. The molecule has 3 nitrogen and oxygen atoms in total. The predicted molar refractivity (Wildman–Crippen MR) is 70.5 cm³/mol. The third kappa shape index (κ3) is 2.54. The van der Waals surface area contributed by atoms with Gasteiger partial charge in [-0.05, 0) is 30.5 Å². The second kappa shape index (κ2) is 5.57. The summed E-state index contributed by atoms with van der Waals surface area (Å²) in [7, 11) is 0. The zero-order valence-electron chi connectivity index (χ0n) is 10.7. The first-order valence-corrected chi connectivity index (χ1v) is 6.74. The van der Waals surface area contributed by atoms with Crippen LogP contribution in [-0.2, 0) is 9.47 Å². The van der Waals surface area contributed by atoms with Gasteiger partial charge in [0.25, 0.3) is 0 Å². The lowest BCUT2D eigenvalue weighted by Gasteiger charge is -2.25. The summed E-state index contributed by atoms with van der Waals surface area (Å²) < 4.78 is 11.9. The molecule has 1 heterocycles.